The van der Waals surface area contributed by atoms with Crippen LogP contribution in [0, 0.1) is 0 Å². The minimum absolute atomic E-state index is 0.255. The second kappa shape index (κ2) is 6.00. The summed E-state index contributed by atoms with van der Waals surface area (Å²) >= 11 is 1.61. The molecule has 2 heterocycles. The maximum atomic E-state index is 12.7. The average molecular weight is 355 g/mol. The molecule has 24 heavy (non-hydrogen) atoms. The zero-order valence-electron chi connectivity index (χ0n) is 12.8. The van der Waals surface area contributed by atoms with Gasteiger partial charge in [-0.15, -0.1) is 10.2 Å². The first-order chi connectivity index (χ1) is 11.5. The second-order valence-corrected chi connectivity index (χ2v) is 7.11. The molecule has 1 unspecified atom stereocenters. The van der Waals surface area contributed by atoms with Gasteiger partial charge < -0.3 is 9.64 Å². The highest BCUT2D eigenvalue weighted by Crippen LogP contribution is 2.43. The van der Waals surface area contributed by atoms with Crippen LogP contribution in [0.2, 0.25) is 0 Å². The summed E-state index contributed by atoms with van der Waals surface area (Å²) in [6.45, 7) is 1.81. The quantitative estimate of drug-likeness (QED) is 0.834. The van der Waals surface area contributed by atoms with Crippen LogP contribution in [0.5, 0.6) is 0 Å². The van der Waals surface area contributed by atoms with Gasteiger partial charge in [-0.25, -0.2) is 0 Å². The Bertz CT molecular complexity index is 712. The van der Waals surface area contributed by atoms with Crippen LogP contribution in [0.25, 0.3) is 0 Å². The normalized spacial score (nSPS) is 22.0. The zero-order valence-corrected chi connectivity index (χ0v) is 13.6. The van der Waals surface area contributed by atoms with Gasteiger partial charge in [0.25, 0.3) is 0 Å². The fourth-order valence-electron chi connectivity index (χ4n) is 2.76. The van der Waals surface area contributed by atoms with Crippen LogP contribution in [0.15, 0.2) is 24.3 Å². The summed E-state index contributed by atoms with van der Waals surface area (Å²) in [5, 5.41) is 10.5. The smallest absolute Gasteiger partial charge is 0.370 e. The van der Waals surface area contributed by atoms with Crippen LogP contribution in [-0.2, 0) is 10.9 Å². The van der Waals surface area contributed by atoms with Gasteiger partial charge in [0.2, 0.25) is 5.13 Å². The zero-order chi connectivity index (χ0) is 16.7. The molecule has 1 atom stereocenters. The first-order valence-electron chi connectivity index (χ1n) is 7.88. The molecule has 2 fully saturated rings. The summed E-state index contributed by atoms with van der Waals surface area (Å²) in [7, 11) is 0. The number of rotatable bonds is 3. The first-order valence-corrected chi connectivity index (χ1v) is 8.69. The molecule has 8 heteroatoms. The molecule has 0 N–H and O–H groups in total. The van der Waals surface area contributed by atoms with Gasteiger partial charge in [-0.3, -0.25) is 0 Å². The van der Waals surface area contributed by atoms with Crippen LogP contribution in [-0.4, -0.2) is 29.9 Å². The van der Waals surface area contributed by atoms with Gasteiger partial charge in [-0.2, -0.15) is 13.2 Å². The van der Waals surface area contributed by atoms with Crippen molar-refractivity contribution in [3.05, 3.63) is 40.4 Å². The van der Waals surface area contributed by atoms with Crippen LogP contribution >= 0.6 is 11.3 Å². The average Bonchev–Trinajstić information content (AvgIpc) is 3.31. The molecular formula is C16H16F3N3OS. The van der Waals surface area contributed by atoms with E-state index in [9.17, 15) is 13.2 Å². The first kappa shape index (κ1) is 15.8. The van der Waals surface area contributed by atoms with E-state index >= 15 is 0 Å². The summed E-state index contributed by atoms with van der Waals surface area (Å²) < 4.78 is 43.7. The number of ether oxygens (including phenoxy) is 1. The Balaban J connectivity index is 1.47. The van der Waals surface area contributed by atoms with E-state index in [1.54, 1.807) is 11.3 Å². The molecule has 128 valence electrons. The Kier molecular flexibility index (Phi) is 3.96. The molecule has 0 spiro atoms. The fraction of sp³-hybridized carbons (Fsp3) is 0.500. The van der Waals surface area contributed by atoms with Crippen molar-refractivity contribution in [2.45, 2.75) is 31.0 Å². The van der Waals surface area contributed by atoms with Crippen LogP contribution in [0.1, 0.15) is 41.0 Å². The number of anilines is 1. The van der Waals surface area contributed by atoms with E-state index in [4.69, 9.17) is 4.74 Å². The van der Waals surface area contributed by atoms with E-state index in [1.807, 2.05) is 0 Å². The Hall–Kier alpha value is -1.67. The number of halogens is 3. The molecule has 1 saturated heterocycles. The number of hydrogen-bond acceptors (Lipinski definition) is 5. The third-order valence-corrected chi connectivity index (χ3v) is 5.45. The topological polar surface area (TPSA) is 38.2 Å². The highest BCUT2D eigenvalue weighted by Gasteiger charge is 2.32. The van der Waals surface area contributed by atoms with Crippen molar-refractivity contribution in [1.82, 2.24) is 10.2 Å². The lowest BCUT2D eigenvalue weighted by Crippen LogP contribution is -2.38. The van der Waals surface area contributed by atoms with Gasteiger partial charge in [-0.05, 0) is 30.5 Å². The van der Waals surface area contributed by atoms with Crippen molar-refractivity contribution < 1.29 is 17.9 Å². The lowest BCUT2D eigenvalue weighted by molar-refractivity contribution is -0.137. The Morgan fingerprint density at radius 2 is 1.88 bits per heavy atom. The SMILES string of the molecule is FC(F)(F)c1ccc(C2CN(c3nnc(C4CC4)s3)CCO2)cc1. The Morgan fingerprint density at radius 3 is 2.54 bits per heavy atom. The van der Waals surface area contributed by atoms with E-state index in [1.165, 1.54) is 25.0 Å². The van der Waals surface area contributed by atoms with Gasteiger partial charge in [0.15, 0.2) is 0 Å². The summed E-state index contributed by atoms with van der Waals surface area (Å²) in [5.74, 6) is 0.572. The molecule has 1 aliphatic heterocycles. The molecule has 4 nitrogen and oxygen atoms in total. The molecule has 2 aromatic rings. The number of benzene rings is 1. The van der Waals surface area contributed by atoms with Crippen LogP contribution in [0.4, 0.5) is 18.3 Å². The minimum Gasteiger partial charge on any atom is -0.370 e. The number of aromatic nitrogens is 2. The lowest BCUT2D eigenvalue weighted by atomic mass is 10.1. The summed E-state index contributed by atoms with van der Waals surface area (Å²) in [5.41, 5.74) is 0.108. The predicted octanol–water partition coefficient (Wildman–Crippen LogP) is 4.01. The highest BCUT2D eigenvalue weighted by atomic mass is 32.1. The monoisotopic (exact) mass is 355 g/mol. The van der Waals surface area contributed by atoms with Crippen molar-refractivity contribution in [3.63, 3.8) is 0 Å². The Labute approximate surface area is 141 Å². The summed E-state index contributed by atoms with van der Waals surface area (Å²) in [4.78, 5) is 2.11. The van der Waals surface area contributed by atoms with Crippen molar-refractivity contribution >= 4 is 16.5 Å². The Morgan fingerprint density at radius 1 is 1.12 bits per heavy atom. The lowest BCUT2D eigenvalue weighted by Gasteiger charge is -2.32. The maximum absolute atomic E-state index is 12.7. The van der Waals surface area contributed by atoms with Gasteiger partial charge in [0.1, 0.15) is 11.1 Å². The highest BCUT2D eigenvalue weighted by molar-refractivity contribution is 7.15. The number of hydrogen-bond donors (Lipinski definition) is 0. The fourth-order valence-corrected chi connectivity index (χ4v) is 3.81. The molecule has 2 aliphatic rings. The van der Waals surface area contributed by atoms with E-state index in [0.29, 0.717) is 19.1 Å². The molecule has 1 aliphatic carbocycles. The largest absolute Gasteiger partial charge is 0.416 e. The van der Waals surface area contributed by atoms with E-state index in [2.05, 4.69) is 15.1 Å². The summed E-state index contributed by atoms with van der Waals surface area (Å²) in [6, 6.07) is 5.20. The van der Waals surface area contributed by atoms with E-state index in [-0.39, 0.29) is 6.10 Å². The van der Waals surface area contributed by atoms with Gasteiger partial charge in [-0.1, -0.05) is 23.5 Å². The molecule has 0 amide bonds. The van der Waals surface area contributed by atoms with Crippen LogP contribution < -0.4 is 4.90 Å². The minimum atomic E-state index is -4.32. The predicted molar refractivity (Wildman–Crippen MR) is 84.2 cm³/mol. The van der Waals surface area contributed by atoms with Gasteiger partial charge >= 0.3 is 6.18 Å². The molecule has 1 saturated carbocycles. The van der Waals surface area contributed by atoms with E-state index in [0.717, 1.165) is 34.4 Å². The molecule has 0 radical (unpaired) electrons. The summed E-state index contributed by atoms with van der Waals surface area (Å²) in [6.07, 6.45) is -2.20. The van der Waals surface area contributed by atoms with Crippen molar-refractivity contribution in [2.75, 3.05) is 24.6 Å². The number of morpholine rings is 1. The second-order valence-electron chi connectivity index (χ2n) is 6.12. The van der Waals surface area contributed by atoms with Crippen molar-refractivity contribution in [2.24, 2.45) is 0 Å². The third-order valence-electron chi connectivity index (χ3n) is 4.30. The van der Waals surface area contributed by atoms with Gasteiger partial charge in [0.05, 0.1) is 18.7 Å². The number of alkyl halides is 3. The molecule has 4 rings (SSSR count). The molecule has 1 aromatic heterocycles. The number of nitrogens with zero attached hydrogens (tertiary/aromatic N) is 3. The van der Waals surface area contributed by atoms with Crippen molar-refractivity contribution in [1.29, 1.82) is 0 Å². The van der Waals surface area contributed by atoms with Crippen molar-refractivity contribution in [3.8, 4) is 0 Å². The molecule has 0 bridgehead atoms. The molecular weight excluding hydrogens is 339 g/mol. The van der Waals surface area contributed by atoms with Crippen LogP contribution in [0.3, 0.4) is 0 Å². The standard InChI is InChI=1S/C16H16F3N3OS/c17-16(18,19)12-5-3-10(4-6-12)13-9-22(7-8-23-13)15-21-20-14(24-15)11-1-2-11/h3-6,11,13H,1-2,7-9H2. The maximum Gasteiger partial charge on any atom is 0.416 e. The van der Waals surface area contributed by atoms with Gasteiger partial charge in [0, 0.05) is 12.5 Å². The molecule has 1 aromatic carbocycles. The third kappa shape index (κ3) is 3.25. The van der Waals surface area contributed by atoms with E-state index < -0.39 is 11.7 Å².